The van der Waals surface area contributed by atoms with E-state index in [0.29, 0.717) is 13.0 Å². The van der Waals surface area contributed by atoms with Gasteiger partial charge in [0.15, 0.2) is 0 Å². The van der Waals surface area contributed by atoms with Crippen molar-refractivity contribution in [1.82, 2.24) is 4.90 Å². The predicted molar refractivity (Wildman–Crippen MR) is 122 cm³/mol. The van der Waals surface area contributed by atoms with Gasteiger partial charge in [-0.1, -0.05) is 66.7 Å². The molecule has 0 fully saturated rings. The zero-order valence-electron chi connectivity index (χ0n) is 17.7. The maximum absolute atomic E-state index is 12.8. The third-order valence-electron chi connectivity index (χ3n) is 6.26. The van der Waals surface area contributed by atoms with Crippen LogP contribution in [-0.4, -0.2) is 30.7 Å². The van der Waals surface area contributed by atoms with E-state index in [0.717, 1.165) is 16.7 Å². The van der Waals surface area contributed by atoms with E-state index in [1.54, 1.807) is 11.9 Å². The number of carbonyl (C=O) groups is 1. The molecule has 0 spiro atoms. The average Bonchev–Trinajstić information content (AvgIpc) is 3.35. The Morgan fingerprint density at radius 3 is 2.26 bits per heavy atom. The molecular formula is C27H25NO3. The summed E-state index contributed by atoms with van der Waals surface area (Å²) in [6.45, 7) is 2.34. The second-order valence-corrected chi connectivity index (χ2v) is 8.22. The summed E-state index contributed by atoms with van der Waals surface area (Å²) in [5.74, 6) is 0.933. The third-order valence-corrected chi connectivity index (χ3v) is 6.26. The molecule has 0 radical (unpaired) electrons. The number of rotatable bonds is 5. The summed E-state index contributed by atoms with van der Waals surface area (Å²) >= 11 is 0. The molecule has 1 aliphatic carbocycles. The van der Waals surface area contributed by atoms with Gasteiger partial charge in [-0.05, 0) is 41.3 Å². The van der Waals surface area contributed by atoms with Crippen molar-refractivity contribution in [3.63, 3.8) is 0 Å². The topological polar surface area (TPSA) is 42.7 Å². The molecule has 4 aromatic rings. The minimum absolute atomic E-state index is 0.0452. The van der Waals surface area contributed by atoms with E-state index < -0.39 is 0 Å². The van der Waals surface area contributed by atoms with Crippen LogP contribution < -0.4 is 0 Å². The van der Waals surface area contributed by atoms with Crippen molar-refractivity contribution in [1.29, 1.82) is 0 Å². The van der Waals surface area contributed by atoms with Crippen molar-refractivity contribution in [3.8, 4) is 11.1 Å². The molecule has 1 unspecified atom stereocenters. The number of nitrogens with zero attached hydrogens (tertiary/aromatic N) is 1. The highest BCUT2D eigenvalue weighted by Gasteiger charge is 2.30. The van der Waals surface area contributed by atoms with Gasteiger partial charge in [0.2, 0.25) is 0 Å². The van der Waals surface area contributed by atoms with E-state index in [1.807, 2.05) is 49.4 Å². The van der Waals surface area contributed by atoms with Crippen molar-refractivity contribution in [2.75, 3.05) is 13.7 Å². The number of para-hydroxylation sites is 1. The number of likely N-dealkylation sites (N-methyl/N-ethyl adjacent to an activating group) is 1. The van der Waals surface area contributed by atoms with Crippen LogP contribution in [0, 0.1) is 0 Å². The zero-order chi connectivity index (χ0) is 21.4. The first-order valence-electron chi connectivity index (χ1n) is 10.7. The Kier molecular flexibility index (Phi) is 4.99. The fourth-order valence-corrected chi connectivity index (χ4v) is 4.44. The molecule has 0 saturated heterocycles. The molecule has 31 heavy (non-hydrogen) atoms. The van der Waals surface area contributed by atoms with Crippen LogP contribution in [0.5, 0.6) is 0 Å². The zero-order valence-corrected chi connectivity index (χ0v) is 17.7. The van der Waals surface area contributed by atoms with Crippen molar-refractivity contribution in [2.45, 2.75) is 25.3 Å². The molecular weight excluding hydrogens is 386 g/mol. The quantitative estimate of drug-likeness (QED) is 0.390. The Morgan fingerprint density at radius 2 is 1.58 bits per heavy atom. The van der Waals surface area contributed by atoms with Crippen LogP contribution in [-0.2, 0) is 11.2 Å². The van der Waals surface area contributed by atoms with Crippen LogP contribution in [0.15, 0.2) is 83.3 Å². The summed E-state index contributed by atoms with van der Waals surface area (Å²) in [7, 11) is 1.78. The maximum Gasteiger partial charge on any atom is 0.409 e. The molecule has 0 saturated carbocycles. The van der Waals surface area contributed by atoms with Crippen LogP contribution in [0.4, 0.5) is 4.79 Å². The molecule has 1 heterocycles. The van der Waals surface area contributed by atoms with Gasteiger partial charge in [-0.2, -0.15) is 0 Å². The highest BCUT2D eigenvalue weighted by molar-refractivity contribution is 5.79. The van der Waals surface area contributed by atoms with Crippen molar-refractivity contribution in [3.05, 3.63) is 95.7 Å². The van der Waals surface area contributed by atoms with E-state index in [4.69, 9.17) is 9.15 Å². The van der Waals surface area contributed by atoms with Crippen LogP contribution in [0.3, 0.4) is 0 Å². The number of fused-ring (bicyclic) bond motifs is 4. The predicted octanol–water partition coefficient (Wildman–Crippen LogP) is 6.24. The van der Waals surface area contributed by atoms with E-state index in [-0.39, 0.29) is 18.1 Å². The second kappa shape index (κ2) is 7.95. The van der Waals surface area contributed by atoms with E-state index in [9.17, 15) is 4.79 Å². The van der Waals surface area contributed by atoms with Crippen molar-refractivity contribution in [2.24, 2.45) is 0 Å². The summed E-state index contributed by atoms with van der Waals surface area (Å²) in [6, 6.07) is 26.7. The first-order valence-corrected chi connectivity index (χ1v) is 10.7. The standard InChI is InChI=1S/C27H25NO3/c1-18(15-20-16-19-9-3-8-14-26(19)31-20)28(2)27(29)30-17-25-23-12-6-4-10-21(23)22-11-5-7-13-24(22)25/h3-14,16,18,25H,15,17H2,1-2H3. The number of hydrogen-bond donors (Lipinski definition) is 0. The monoisotopic (exact) mass is 411 g/mol. The second-order valence-electron chi connectivity index (χ2n) is 8.22. The lowest BCUT2D eigenvalue weighted by molar-refractivity contribution is 0.0963. The Balaban J connectivity index is 1.26. The number of hydrogen-bond acceptors (Lipinski definition) is 3. The SMILES string of the molecule is CC(Cc1cc2ccccc2o1)N(C)C(=O)OCC1c2ccccc2-c2ccccc21. The third kappa shape index (κ3) is 3.59. The van der Waals surface area contributed by atoms with Gasteiger partial charge in [0.1, 0.15) is 18.0 Å². The number of benzene rings is 3. The van der Waals surface area contributed by atoms with Gasteiger partial charge in [0.05, 0.1) is 0 Å². The van der Waals surface area contributed by atoms with Gasteiger partial charge in [-0.25, -0.2) is 4.79 Å². The van der Waals surface area contributed by atoms with Gasteiger partial charge >= 0.3 is 6.09 Å². The fraction of sp³-hybridized carbons (Fsp3) is 0.222. The normalized spacial score (nSPS) is 13.6. The molecule has 5 rings (SSSR count). The van der Waals surface area contributed by atoms with Gasteiger partial charge in [0, 0.05) is 30.8 Å². The molecule has 0 aliphatic heterocycles. The van der Waals surface area contributed by atoms with Gasteiger partial charge < -0.3 is 14.1 Å². The lowest BCUT2D eigenvalue weighted by Gasteiger charge is -2.24. The molecule has 1 amide bonds. The van der Waals surface area contributed by atoms with Crippen molar-refractivity contribution < 1.29 is 13.9 Å². The highest BCUT2D eigenvalue weighted by Crippen LogP contribution is 2.44. The molecule has 1 aromatic heterocycles. The number of carbonyl (C=O) groups excluding carboxylic acids is 1. The van der Waals surface area contributed by atoms with E-state index in [1.165, 1.54) is 22.3 Å². The number of furan rings is 1. The molecule has 3 aromatic carbocycles. The first-order chi connectivity index (χ1) is 15.1. The first kappa shape index (κ1) is 19.4. The lowest BCUT2D eigenvalue weighted by Crippen LogP contribution is -2.37. The highest BCUT2D eigenvalue weighted by atomic mass is 16.6. The molecule has 1 aliphatic rings. The van der Waals surface area contributed by atoms with Crippen LogP contribution in [0.25, 0.3) is 22.1 Å². The molecule has 4 nitrogen and oxygen atoms in total. The smallest absolute Gasteiger partial charge is 0.409 e. The molecule has 156 valence electrons. The van der Waals surface area contributed by atoms with Gasteiger partial charge in [-0.15, -0.1) is 0 Å². The Labute approximate surface area is 182 Å². The molecule has 0 bridgehead atoms. The summed E-state index contributed by atoms with van der Waals surface area (Å²) in [4.78, 5) is 14.5. The van der Waals surface area contributed by atoms with Gasteiger partial charge in [-0.3, -0.25) is 0 Å². The Hall–Kier alpha value is -3.53. The molecule has 0 N–H and O–H groups in total. The number of ether oxygens (including phenoxy) is 1. The summed E-state index contributed by atoms with van der Waals surface area (Å²) in [5.41, 5.74) is 5.76. The maximum atomic E-state index is 12.8. The molecule has 1 atom stereocenters. The van der Waals surface area contributed by atoms with E-state index >= 15 is 0 Å². The Bertz CT molecular complexity index is 1160. The fourth-order valence-electron chi connectivity index (χ4n) is 4.44. The number of amides is 1. The molecule has 4 heteroatoms. The van der Waals surface area contributed by atoms with E-state index in [2.05, 4.69) is 36.4 Å². The van der Waals surface area contributed by atoms with Crippen molar-refractivity contribution >= 4 is 17.1 Å². The average molecular weight is 412 g/mol. The summed E-state index contributed by atoms with van der Waals surface area (Å²) in [6.07, 6.45) is 0.320. The van der Waals surface area contributed by atoms with Crippen LogP contribution in [0.1, 0.15) is 29.7 Å². The largest absolute Gasteiger partial charge is 0.461 e. The summed E-state index contributed by atoms with van der Waals surface area (Å²) in [5, 5.41) is 1.08. The lowest BCUT2D eigenvalue weighted by atomic mass is 9.98. The van der Waals surface area contributed by atoms with Gasteiger partial charge in [0.25, 0.3) is 0 Å². The Morgan fingerprint density at radius 1 is 0.968 bits per heavy atom. The minimum atomic E-state index is -0.314. The summed E-state index contributed by atoms with van der Waals surface area (Å²) < 4.78 is 11.7. The minimum Gasteiger partial charge on any atom is -0.461 e. The van der Waals surface area contributed by atoms with Crippen LogP contribution in [0.2, 0.25) is 0 Å². The van der Waals surface area contributed by atoms with Crippen LogP contribution >= 0.6 is 0 Å².